The van der Waals surface area contributed by atoms with Crippen LogP contribution in [0, 0.1) is 0 Å². The summed E-state index contributed by atoms with van der Waals surface area (Å²) in [6.07, 6.45) is 2.76. The van der Waals surface area contributed by atoms with Crippen molar-refractivity contribution in [2.24, 2.45) is 0 Å². The Kier molecular flexibility index (Phi) is 9.22. The molecule has 0 saturated carbocycles. The van der Waals surface area contributed by atoms with E-state index in [9.17, 15) is 13.2 Å². The van der Waals surface area contributed by atoms with Crippen LogP contribution in [-0.4, -0.2) is 60.0 Å². The Balaban J connectivity index is 1.43. The van der Waals surface area contributed by atoms with E-state index in [1.165, 1.54) is 6.26 Å². The fourth-order valence-corrected chi connectivity index (χ4v) is 7.58. The summed E-state index contributed by atoms with van der Waals surface area (Å²) in [6, 6.07) is 21.7. The molecule has 2 aliphatic rings. The van der Waals surface area contributed by atoms with Crippen LogP contribution >= 0.6 is 11.6 Å². The third kappa shape index (κ3) is 6.34. The van der Waals surface area contributed by atoms with Gasteiger partial charge in [-0.2, -0.15) is 13.8 Å². The lowest BCUT2D eigenvalue weighted by Gasteiger charge is -2.36. The van der Waals surface area contributed by atoms with E-state index in [1.54, 1.807) is 19.2 Å². The van der Waals surface area contributed by atoms with Gasteiger partial charge < -0.3 is 14.8 Å². The van der Waals surface area contributed by atoms with E-state index < -0.39 is 26.0 Å². The summed E-state index contributed by atoms with van der Waals surface area (Å²) in [7, 11) is -2.28. The van der Waals surface area contributed by atoms with Gasteiger partial charge >= 0.3 is 10.0 Å². The molecule has 1 fully saturated rings. The van der Waals surface area contributed by atoms with Crippen molar-refractivity contribution in [3.63, 3.8) is 0 Å². The summed E-state index contributed by atoms with van der Waals surface area (Å²) in [4.78, 5) is 14.1. The van der Waals surface area contributed by atoms with Crippen molar-refractivity contribution < 1.29 is 22.7 Å². The van der Waals surface area contributed by atoms with Crippen LogP contribution in [0.25, 0.3) is 0 Å². The van der Waals surface area contributed by atoms with E-state index in [4.69, 9.17) is 21.1 Å². The van der Waals surface area contributed by atoms with Crippen molar-refractivity contribution in [2.75, 3.05) is 39.6 Å². The fourth-order valence-electron chi connectivity index (χ4n) is 6.08. The van der Waals surface area contributed by atoms with Crippen LogP contribution in [0.1, 0.15) is 29.5 Å². The van der Waals surface area contributed by atoms with Crippen molar-refractivity contribution in [2.45, 2.75) is 37.5 Å². The van der Waals surface area contributed by atoms with Crippen molar-refractivity contribution in [1.82, 2.24) is 20.1 Å². The van der Waals surface area contributed by atoms with E-state index in [0.29, 0.717) is 23.1 Å². The molecule has 2 unspecified atom stereocenters. The number of hydrogen-bond acceptors (Lipinski definition) is 7. The average Bonchev–Trinajstić information content (AvgIpc) is 3.25. The van der Waals surface area contributed by atoms with E-state index in [1.807, 2.05) is 60.7 Å². The highest BCUT2D eigenvalue weighted by Crippen LogP contribution is 2.50. The van der Waals surface area contributed by atoms with Crippen molar-refractivity contribution >= 4 is 33.2 Å². The van der Waals surface area contributed by atoms with Gasteiger partial charge in [0, 0.05) is 23.2 Å². The third-order valence-corrected chi connectivity index (χ3v) is 10.0. The van der Waals surface area contributed by atoms with Crippen LogP contribution in [0.3, 0.4) is 0 Å². The molecule has 42 heavy (non-hydrogen) atoms. The van der Waals surface area contributed by atoms with Crippen LogP contribution in [-0.2, 0) is 38.1 Å². The Bertz CT molecular complexity index is 1510. The van der Waals surface area contributed by atoms with Gasteiger partial charge in [-0.3, -0.25) is 10.1 Å². The number of fused-ring (bicyclic) bond motifs is 2. The normalized spacial score (nSPS) is 20.2. The zero-order valence-corrected chi connectivity index (χ0v) is 25.5. The molecule has 224 valence electrons. The van der Waals surface area contributed by atoms with Gasteiger partial charge in [-0.1, -0.05) is 64.1 Å². The quantitative estimate of drug-likeness (QED) is 0.284. The first-order valence-corrected chi connectivity index (χ1v) is 16.3. The number of sulfonamides is 1. The number of ether oxygens (including phenoxy) is 2. The third-order valence-electron chi connectivity index (χ3n) is 8.24. The van der Waals surface area contributed by atoms with Gasteiger partial charge in [-0.25, -0.2) is 0 Å². The molecule has 2 heterocycles. The van der Waals surface area contributed by atoms with Crippen molar-refractivity contribution in [1.29, 1.82) is 0 Å². The number of amides is 1. The number of para-hydroxylation sites is 1. The molecule has 1 spiro atoms. The Hall–Kier alpha value is -2.99. The molecule has 0 aromatic heterocycles. The second-order valence-electron chi connectivity index (χ2n) is 11.1. The summed E-state index contributed by atoms with van der Waals surface area (Å²) in [6.45, 7) is 2.43. The van der Waals surface area contributed by atoms with Gasteiger partial charge in [0.05, 0.1) is 32.0 Å². The number of nitrogens with zero attached hydrogens (tertiary/aromatic N) is 1. The van der Waals surface area contributed by atoms with Crippen LogP contribution < -0.4 is 24.8 Å². The number of benzene rings is 3. The van der Waals surface area contributed by atoms with Gasteiger partial charge in [0.25, 0.3) is 5.91 Å². The van der Waals surface area contributed by atoms with Gasteiger partial charge in [0.15, 0.2) is 5.69 Å². The minimum absolute atomic E-state index is 0.0267. The molecule has 3 aromatic carbocycles. The van der Waals surface area contributed by atoms with Crippen LogP contribution in [0.5, 0.6) is 5.75 Å². The number of halogens is 1. The largest absolute Gasteiger partial charge is 0.497 e. The van der Waals surface area contributed by atoms with Crippen LogP contribution in [0.2, 0.25) is 5.02 Å². The van der Waals surface area contributed by atoms with E-state index in [2.05, 4.69) is 16.1 Å². The molecule has 1 saturated heterocycles. The second kappa shape index (κ2) is 12.7. The molecular formula is C31H38ClN4O5S+. The standard InChI is InChI=1S/C31H37ClN4O5S/c1-40-26-17-24(16-25(32)18-26)19-34-28(21-41-20-23-8-4-3-5-9-23)30(37)35-36(42(2,38)39)22-31(12-14-33-15-13-31)27-10-6-7-11-29(27)36/h3-11,16-18,28,33-34H,12-15,19-22H2,1-2H3/p+1. The Morgan fingerprint density at radius 1 is 1.05 bits per heavy atom. The zero-order valence-electron chi connectivity index (χ0n) is 23.9. The van der Waals surface area contributed by atoms with Gasteiger partial charge in [0.2, 0.25) is 0 Å². The lowest BCUT2D eigenvalue weighted by Crippen LogP contribution is -2.68. The summed E-state index contributed by atoms with van der Waals surface area (Å²) in [5.74, 6) is 0.131. The van der Waals surface area contributed by atoms with Crippen molar-refractivity contribution in [3.8, 4) is 5.75 Å². The van der Waals surface area contributed by atoms with Gasteiger partial charge in [-0.15, -0.1) is 0 Å². The first kappa shape index (κ1) is 30.5. The number of carbonyl (C=O) groups excluding carboxylic acids is 1. The van der Waals surface area contributed by atoms with E-state index in [0.717, 1.165) is 42.6 Å². The summed E-state index contributed by atoms with van der Waals surface area (Å²) >= 11 is 6.27. The molecule has 9 nitrogen and oxygen atoms in total. The monoisotopic (exact) mass is 613 g/mol. The SMILES string of the molecule is COc1cc(Cl)cc(CNC(COCc2ccccc2)C(=O)N[N+]2(S(C)(=O)=O)CC3(CCNCC3)c3ccccc32)c1. The molecule has 5 rings (SSSR count). The molecular weight excluding hydrogens is 576 g/mol. The molecule has 11 heteroatoms. The van der Waals surface area contributed by atoms with Crippen molar-refractivity contribution in [3.05, 3.63) is 94.5 Å². The minimum atomic E-state index is -3.84. The topological polar surface area (TPSA) is 106 Å². The van der Waals surface area contributed by atoms with E-state index >= 15 is 0 Å². The highest BCUT2D eigenvalue weighted by molar-refractivity contribution is 7.90. The summed E-state index contributed by atoms with van der Waals surface area (Å²) in [5, 5.41) is 7.17. The predicted molar refractivity (Wildman–Crippen MR) is 165 cm³/mol. The average molecular weight is 614 g/mol. The maximum atomic E-state index is 14.1. The van der Waals surface area contributed by atoms with Crippen LogP contribution in [0.15, 0.2) is 72.8 Å². The Morgan fingerprint density at radius 3 is 2.48 bits per heavy atom. The maximum Gasteiger partial charge on any atom is 0.321 e. The number of methoxy groups -OCH3 is 1. The summed E-state index contributed by atoms with van der Waals surface area (Å²) in [5.41, 5.74) is 5.98. The number of hydrogen-bond donors (Lipinski definition) is 3. The summed E-state index contributed by atoms with van der Waals surface area (Å²) < 4.78 is 38.0. The molecule has 0 aliphatic carbocycles. The number of piperidine rings is 1. The fraction of sp³-hybridized carbons (Fsp3) is 0.387. The zero-order chi connectivity index (χ0) is 29.8. The number of quaternary nitrogens is 1. The minimum Gasteiger partial charge on any atom is -0.497 e. The smallest absolute Gasteiger partial charge is 0.321 e. The molecule has 2 aliphatic heterocycles. The van der Waals surface area contributed by atoms with Gasteiger partial charge in [-0.05, 0) is 55.3 Å². The molecule has 2 atom stereocenters. The predicted octanol–water partition coefficient (Wildman–Crippen LogP) is 3.66. The lowest BCUT2D eigenvalue weighted by atomic mass is 9.75. The number of carbonyl (C=O) groups is 1. The van der Waals surface area contributed by atoms with Gasteiger partial charge in [0.1, 0.15) is 18.3 Å². The molecule has 1 amide bonds. The first-order valence-electron chi connectivity index (χ1n) is 14.1. The Labute approximate surface area is 252 Å². The molecule has 0 bridgehead atoms. The lowest BCUT2D eigenvalue weighted by molar-refractivity contribution is -0.127. The maximum absolute atomic E-state index is 14.1. The Morgan fingerprint density at radius 2 is 1.76 bits per heavy atom. The highest BCUT2D eigenvalue weighted by Gasteiger charge is 2.60. The molecule has 3 N–H and O–H groups in total. The number of rotatable bonds is 11. The number of nitrogens with one attached hydrogen (secondary N) is 3. The highest BCUT2D eigenvalue weighted by atomic mass is 35.5. The molecule has 0 radical (unpaired) electrons. The molecule has 3 aromatic rings. The van der Waals surface area contributed by atoms with E-state index in [-0.39, 0.29) is 25.1 Å². The second-order valence-corrected chi connectivity index (χ2v) is 13.6. The van der Waals surface area contributed by atoms with Crippen LogP contribution in [0.4, 0.5) is 5.69 Å². The first-order chi connectivity index (χ1) is 20.2.